The molecule has 28 heavy (non-hydrogen) atoms. The molecule has 0 spiro atoms. The summed E-state index contributed by atoms with van der Waals surface area (Å²) in [5.41, 5.74) is 6.03. The van der Waals surface area contributed by atoms with Crippen LogP contribution < -0.4 is 5.73 Å². The van der Waals surface area contributed by atoms with Crippen molar-refractivity contribution in [3.8, 4) is 0 Å². The van der Waals surface area contributed by atoms with Gasteiger partial charge in [0.2, 0.25) is 5.91 Å². The Morgan fingerprint density at radius 1 is 1.39 bits per heavy atom. The van der Waals surface area contributed by atoms with Crippen LogP contribution in [-0.4, -0.2) is 56.4 Å². The highest BCUT2D eigenvalue weighted by Crippen LogP contribution is 2.44. The number of amides is 1. The molecule has 148 valence electrons. The SMILES string of the molecule is Cc1nnc(SCC2(C(=O)OCc3ccccc3)CS[C@@H]3C(N)C(=O)N3C2)s1. The van der Waals surface area contributed by atoms with Gasteiger partial charge in [0.05, 0.1) is 0 Å². The molecule has 0 aliphatic carbocycles. The molecule has 0 radical (unpaired) electrons. The summed E-state index contributed by atoms with van der Waals surface area (Å²) in [6.07, 6.45) is 0. The number of carbonyl (C=O) groups excluding carboxylic acids is 2. The zero-order valence-electron chi connectivity index (χ0n) is 15.2. The van der Waals surface area contributed by atoms with Gasteiger partial charge in [0, 0.05) is 18.1 Å². The number of fused-ring (bicyclic) bond motifs is 1. The van der Waals surface area contributed by atoms with Crippen molar-refractivity contribution in [3.63, 3.8) is 0 Å². The third-order valence-corrected chi connectivity index (χ3v) is 8.68. The van der Waals surface area contributed by atoms with Crippen LogP contribution in [0.2, 0.25) is 0 Å². The Labute approximate surface area is 175 Å². The molecule has 0 saturated carbocycles. The quantitative estimate of drug-likeness (QED) is 0.417. The number of hydrogen-bond donors (Lipinski definition) is 1. The van der Waals surface area contributed by atoms with Gasteiger partial charge < -0.3 is 15.4 Å². The number of ether oxygens (including phenoxy) is 1. The van der Waals surface area contributed by atoms with E-state index in [4.69, 9.17) is 10.5 Å². The van der Waals surface area contributed by atoms with Crippen molar-refractivity contribution in [3.05, 3.63) is 40.9 Å². The molecule has 2 N–H and O–H groups in total. The Hall–Kier alpha value is -1.62. The van der Waals surface area contributed by atoms with Crippen LogP contribution in [0.25, 0.3) is 0 Å². The van der Waals surface area contributed by atoms with E-state index in [9.17, 15) is 9.59 Å². The maximum atomic E-state index is 13.1. The van der Waals surface area contributed by atoms with Crippen molar-refractivity contribution >= 4 is 46.7 Å². The summed E-state index contributed by atoms with van der Waals surface area (Å²) < 4.78 is 6.48. The molecule has 2 unspecified atom stereocenters. The molecule has 1 aromatic heterocycles. The van der Waals surface area contributed by atoms with Crippen LogP contribution in [0.15, 0.2) is 34.7 Å². The fourth-order valence-corrected chi connectivity index (χ4v) is 6.82. The van der Waals surface area contributed by atoms with E-state index in [1.54, 1.807) is 16.7 Å². The molecular formula is C18H20N4O3S3. The molecule has 2 aromatic rings. The van der Waals surface area contributed by atoms with Gasteiger partial charge in [0.15, 0.2) is 4.34 Å². The number of benzene rings is 1. The molecule has 2 fully saturated rings. The minimum absolute atomic E-state index is 0.0451. The van der Waals surface area contributed by atoms with Gasteiger partial charge in [-0.15, -0.1) is 22.0 Å². The maximum Gasteiger partial charge on any atom is 0.315 e. The molecule has 10 heteroatoms. The molecule has 7 nitrogen and oxygen atoms in total. The van der Waals surface area contributed by atoms with Crippen LogP contribution in [0, 0.1) is 12.3 Å². The summed E-state index contributed by atoms with van der Waals surface area (Å²) in [5, 5.41) is 9.00. The second kappa shape index (κ2) is 8.02. The number of carbonyl (C=O) groups is 2. The van der Waals surface area contributed by atoms with Crippen molar-refractivity contribution in [2.24, 2.45) is 11.1 Å². The fraction of sp³-hybridized carbons (Fsp3) is 0.444. The molecule has 3 heterocycles. The number of aromatic nitrogens is 2. The molecule has 2 saturated heterocycles. The van der Waals surface area contributed by atoms with Crippen LogP contribution in [0.3, 0.4) is 0 Å². The first kappa shape index (κ1) is 19.7. The van der Waals surface area contributed by atoms with Gasteiger partial charge in [0.25, 0.3) is 0 Å². The lowest BCUT2D eigenvalue weighted by Gasteiger charge is -2.53. The first-order chi connectivity index (χ1) is 13.5. The summed E-state index contributed by atoms with van der Waals surface area (Å²) >= 11 is 4.54. The Morgan fingerprint density at radius 2 is 2.18 bits per heavy atom. The summed E-state index contributed by atoms with van der Waals surface area (Å²) in [5.74, 6) is 0.653. The van der Waals surface area contributed by atoms with Crippen molar-refractivity contribution in [1.82, 2.24) is 15.1 Å². The van der Waals surface area contributed by atoms with Crippen LogP contribution in [0.1, 0.15) is 10.6 Å². The predicted octanol–water partition coefficient (Wildman–Crippen LogP) is 1.91. The lowest BCUT2D eigenvalue weighted by atomic mass is 9.89. The first-order valence-corrected chi connectivity index (χ1v) is 11.7. The third-order valence-electron chi connectivity index (χ3n) is 4.81. The Balaban J connectivity index is 1.49. The van der Waals surface area contributed by atoms with E-state index in [0.29, 0.717) is 18.1 Å². The topological polar surface area (TPSA) is 98.4 Å². The number of rotatable bonds is 6. The maximum absolute atomic E-state index is 13.1. The van der Waals surface area contributed by atoms with E-state index in [0.717, 1.165) is 14.9 Å². The lowest BCUT2D eigenvalue weighted by Crippen LogP contribution is -2.72. The van der Waals surface area contributed by atoms with E-state index >= 15 is 0 Å². The number of nitrogens with zero attached hydrogens (tertiary/aromatic N) is 3. The van der Waals surface area contributed by atoms with Crippen molar-refractivity contribution in [2.45, 2.75) is 29.3 Å². The van der Waals surface area contributed by atoms with E-state index in [1.807, 2.05) is 37.3 Å². The fourth-order valence-electron chi connectivity index (χ4n) is 3.21. The third kappa shape index (κ3) is 3.78. The van der Waals surface area contributed by atoms with E-state index in [2.05, 4.69) is 10.2 Å². The first-order valence-electron chi connectivity index (χ1n) is 8.80. The summed E-state index contributed by atoms with van der Waals surface area (Å²) in [7, 11) is 0. The smallest absolute Gasteiger partial charge is 0.315 e. The zero-order chi connectivity index (χ0) is 19.7. The number of β-lactam (4-membered cyclic amide) rings is 1. The predicted molar refractivity (Wildman–Crippen MR) is 110 cm³/mol. The van der Waals surface area contributed by atoms with Crippen molar-refractivity contribution in [1.29, 1.82) is 0 Å². The summed E-state index contributed by atoms with van der Waals surface area (Å²) in [4.78, 5) is 27.0. The highest BCUT2D eigenvalue weighted by atomic mass is 32.2. The number of hydrogen-bond acceptors (Lipinski definition) is 9. The number of nitrogens with two attached hydrogens (primary N) is 1. The molecule has 0 bridgehead atoms. The second-order valence-corrected chi connectivity index (χ2v) is 10.4. The average molecular weight is 437 g/mol. The summed E-state index contributed by atoms with van der Waals surface area (Å²) in [6, 6.07) is 9.11. The summed E-state index contributed by atoms with van der Waals surface area (Å²) in [6.45, 7) is 2.44. The minimum Gasteiger partial charge on any atom is -0.460 e. The number of aryl methyl sites for hydroxylation is 1. The number of esters is 1. The average Bonchev–Trinajstić information content (AvgIpc) is 3.15. The van der Waals surface area contributed by atoms with Crippen LogP contribution in [0.5, 0.6) is 0 Å². The van der Waals surface area contributed by atoms with Crippen molar-refractivity contribution in [2.75, 3.05) is 18.1 Å². The van der Waals surface area contributed by atoms with Gasteiger partial charge >= 0.3 is 5.97 Å². The normalized spacial score (nSPS) is 26.5. The highest BCUT2D eigenvalue weighted by molar-refractivity contribution is 8.01. The van der Waals surface area contributed by atoms with E-state index < -0.39 is 11.5 Å². The van der Waals surface area contributed by atoms with Crippen LogP contribution >= 0.6 is 34.9 Å². The lowest BCUT2D eigenvalue weighted by molar-refractivity contribution is -0.160. The Bertz CT molecular complexity index is 878. The zero-order valence-corrected chi connectivity index (χ0v) is 17.7. The molecule has 4 rings (SSSR count). The van der Waals surface area contributed by atoms with Gasteiger partial charge in [-0.05, 0) is 12.5 Å². The Morgan fingerprint density at radius 3 is 2.89 bits per heavy atom. The molecule has 3 atom stereocenters. The van der Waals surface area contributed by atoms with E-state index in [-0.39, 0.29) is 23.9 Å². The van der Waals surface area contributed by atoms with Crippen LogP contribution in [-0.2, 0) is 20.9 Å². The minimum atomic E-state index is -0.796. The standard InChI is InChI=1S/C18H20N4O3S3/c1-11-20-21-17(28-11)27-10-18(8-22-14(23)13(19)15(22)26-9-18)16(24)25-7-12-5-3-2-4-6-12/h2-6,13,15H,7-10,19H2,1H3/t13?,15-,18?/m1/s1. The van der Waals surface area contributed by atoms with Gasteiger partial charge in [-0.2, -0.15) is 0 Å². The highest BCUT2D eigenvalue weighted by Gasteiger charge is 2.56. The number of thioether (sulfide) groups is 2. The monoisotopic (exact) mass is 436 g/mol. The van der Waals surface area contributed by atoms with E-state index in [1.165, 1.54) is 23.1 Å². The molecule has 2 aliphatic rings. The van der Waals surface area contributed by atoms with Crippen LogP contribution in [0.4, 0.5) is 0 Å². The van der Waals surface area contributed by atoms with Gasteiger partial charge in [0.1, 0.15) is 28.4 Å². The largest absolute Gasteiger partial charge is 0.460 e. The van der Waals surface area contributed by atoms with Gasteiger partial charge in [-0.3, -0.25) is 9.59 Å². The Kier molecular flexibility index (Phi) is 5.64. The van der Waals surface area contributed by atoms with Gasteiger partial charge in [-0.25, -0.2) is 0 Å². The molecular weight excluding hydrogens is 416 g/mol. The molecule has 2 aliphatic heterocycles. The second-order valence-electron chi connectivity index (χ2n) is 6.91. The molecule has 1 amide bonds. The molecule has 1 aromatic carbocycles. The van der Waals surface area contributed by atoms with Gasteiger partial charge in [-0.1, -0.05) is 53.4 Å². The van der Waals surface area contributed by atoms with Crippen molar-refractivity contribution < 1.29 is 14.3 Å².